The molecule has 0 aromatic rings. The maximum absolute atomic E-state index is 8.93. The SMILES string of the molecule is OCC1=CC(CO)CC(CO)C1. The smallest absolute Gasteiger partial charge is 0.0641 e. The van der Waals surface area contributed by atoms with Crippen LogP contribution in [0, 0.1) is 11.8 Å². The number of aliphatic hydroxyl groups is 3. The van der Waals surface area contributed by atoms with Crippen molar-refractivity contribution in [2.75, 3.05) is 19.8 Å². The van der Waals surface area contributed by atoms with Crippen LogP contribution in [0.3, 0.4) is 0 Å². The van der Waals surface area contributed by atoms with Gasteiger partial charge in [-0.15, -0.1) is 0 Å². The van der Waals surface area contributed by atoms with Gasteiger partial charge >= 0.3 is 0 Å². The lowest BCUT2D eigenvalue weighted by Crippen LogP contribution is -2.20. The van der Waals surface area contributed by atoms with Gasteiger partial charge in [0.2, 0.25) is 0 Å². The van der Waals surface area contributed by atoms with E-state index in [0.29, 0.717) is 0 Å². The molecule has 0 heterocycles. The summed E-state index contributed by atoms with van der Waals surface area (Å²) in [6.07, 6.45) is 3.52. The van der Waals surface area contributed by atoms with Gasteiger partial charge in [0.25, 0.3) is 0 Å². The van der Waals surface area contributed by atoms with Crippen molar-refractivity contribution in [3.8, 4) is 0 Å². The summed E-state index contributed by atoms with van der Waals surface area (Å²) in [4.78, 5) is 0. The number of hydrogen-bond acceptors (Lipinski definition) is 3. The average Bonchev–Trinajstić information content (AvgIpc) is 2.16. The van der Waals surface area contributed by atoms with E-state index in [1.54, 1.807) is 0 Å². The van der Waals surface area contributed by atoms with Crippen LogP contribution in [0.5, 0.6) is 0 Å². The molecular formula is C9H16O3. The van der Waals surface area contributed by atoms with Crippen LogP contribution in [-0.4, -0.2) is 35.1 Å². The van der Waals surface area contributed by atoms with Crippen molar-refractivity contribution in [3.63, 3.8) is 0 Å². The Morgan fingerprint density at radius 2 is 2.00 bits per heavy atom. The summed E-state index contributed by atoms with van der Waals surface area (Å²) < 4.78 is 0. The van der Waals surface area contributed by atoms with Crippen LogP contribution in [0.15, 0.2) is 11.6 Å². The van der Waals surface area contributed by atoms with Crippen LogP contribution in [-0.2, 0) is 0 Å². The van der Waals surface area contributed by atoms with Gasteiger partial charge in [0, 0.05) is 19.1 Å². The molecule has 0 aliphatic heterocycles. The minimum atomic E-state index is 0.0486. The van der Waals surface area contributed by atoms with Crippen LogP contribution >= 0.6 is 0 Å². The third-order valence-electron chi connectivity index (χ3n) is 2.35. The highest BCUT2D eigenvalue weighted by Crippen LogP contribution is 2.27. The Labute approximate surface area is 72.3 Å². The minimum absolute atomic E-state index is 0.0486. The fraction of sp³-hybridized carbons (Fsp3) is 0.778. The molecule has 12 heavy (non-hydrogen) atoms. The second-order valence-corrected chi connectivity index (χ2v) is 3.41. The molecule has 0 bridgehead atoms. The molecule has 2 atom stereocenters. The summed E-state index contributed by atoms with van der Waals surface area (Å²) in [5, 5.41) is 26.7. The van der Waals surface area contributed by atoms with Gasteiger partial charge in [-0.3, -0.25) is 0 Å². The summed E-state index contributed by atoms with van der Waals surface area (Å²) >= 11 is 0. The Balaban J connectivity index is 2.57. The van der Waals surface area contributed by atoms with Crippen molar-refractivity contribution >= 4 is 0 Å². The van der Waals surface area contributed by atoms with Gasteiger partial charge in [-0.25, -0.2) is 0 Å². The van der Waals surface area contributed by atoms with Crippen molar-refractivity contribution in [3.05, 3.63) is 11.6 Å². The van der Waals surface area contributed by atoms with Gasteiger partial charge in [0.1, 0.15) is 0 Å². The maximum Gasteiger partial charge on any atom is 0.0641 e. The van der Waals surface area contributed by atoms with Crippen LogP contribution in [0.25, 0.3) is 0 Å². The highest BCUT2D eigenvalue weighted by atomic mass is 16.3. The third kappa shape index (κ3) is 2.30. The first-order valence-electron chi connectivity index (χ1n) is 4.32. The lowest BCUT2D eigenvalue weighted by molar-refractivity contribution is 0.164. The van der Waals surface area contributed by atoms with Gasteiger partial charge in [0.15, 0.2) is 0 Å². The monoisotopic (exact) mass is 172 g/mol. The molecule has 0 amide bonds. The standard InChI is InChI=1S/C9H16O3/c10-4-7-1-8(5-11)3-9(2-7)6-12/h1,7,9-12H,2-6H2. The third-order valence-corrected chi connectivity index (χ3v) is 2.35. The Kier molecular flexibility index (Phi) is 3.72. The van der Waals surface area contributed by atoms with Gasteiger partial charge in [-0.2, -0.15) is 0 Å². The van der Waals surface area contributed by atoms with Gasteiger partial charge in [0.05, 0.1) is 6.61 Å². The van der Waals surface area contributed by atoms with E-state index in [1.807, 2.05) is 6.08 Å². The fourth-order valence-corrected chi connectivity index (χ4v) is 1.74. The molecule has 3 N–H and O–H groups in total. The molecule has 2 unspecified atom stereocenters. The molecule has 0 aromatic carbocycles. The molecule has 0 saturated heterocycles. The topological polar surface area (TPSA) is 60.7 Å². The van der Waals surface area contributed by atoms with Gasteiger partial charge in [-0.1, -0.05) is 6.08 Å². The van der Waals surface area contributed by atoms with Crippen LogP contribution < -0.4 is 0 Å². The lowest BCUT2D eigenvalue weighted by atomic mass is 9.83. The molecule has 1 rings (SSSR count). The number of rotatable bonds is 3. The first-order chi connectivity index (χ1) is 5.80. The molecule has 0 radical (unpaired) electrons. The van der Waals surface area contributed by atoms with Crippen LogP contribution in [0.1, 0.15) is 12.8 Å². The summed E-state index contributed by atoms with van der Waals surface area (Å²) in [6.45, 7) is 0.306. The summed E-state index contributed by atoms with van der Waals surface area (Å²) in [6, 6.07) is 0. The summed E-state index contributed by atoms with van der Waals surface area (Å²) in [5.41, 5.74) is 0.944. The van der Waals surface area contributed by atoms with Crippen molar-refractivity contribution in [1.29, 1.82) is 0 Å². The quantitative estimate of drug-likeness (QED) is 0.522. The first-order valence-corrected chi connectivity index (χ1v) is 4.32. The van der Waals surface area contributed by atoms with Crippen LogP contribution in [0.2, 0.25) is 0 Å². The van der Waals surface area contributed by atoms with E-state index in [1.165, 1.54) is 0 Å². The summed E-state index contributed by atoms with van der Waals surface area (Å²) in [7, 11) is 0. The normalized spacial score (nSPS) is 30.1. The maximum atomic E-state index is 8.93. The molecule has 0 saturated carbocycles. The molecule has 1 aliphatic rings. The molecule has 70 valence electrons. The van der Waals surface area contributed by atoms with Gasteiger partial charge in [-0.05, 0) is 24.3 Å². The zero-order valence-corrected chi connectivity index (χ0v) is 7.11. The number of aliphatic hydroxyl groups excluding tert-OH is 3. The zero-order valence-electron chi connectivity index (χ0n) is 7.11. The van der Waals surface area contributed by atoms with E-state index >= 15 is 0 Å². The Morgan fingerprint density at radius 3 is 2.50 bits per heavy atom. The molecule has 0 fully saturated rings. The number of hydrogen-bond donors (Lipinski definition) is 3. The highest BCUT2D eigenvalue weighted by Gasteiger charge is 2.20. The predicted molar refractivity (Wildman–Crippen MR) is 45.6 cm³/mol. The zero-order chi connectivity index (χ0) is 8.97. The fourth-order valence-electron chi connectivity index (χ4n) is 1.74. The van der Waals surface area contributed by atoms with E-state index < -0.39 is 0 Å². The first kappa shape index (κ1) is 9.71. The van der Waals surface area contributed by atoms with Crippen molar-refractivity contribution in [2.24, 2.45) is 11.8 Å². The van der Waals surface area contributed by atoms with Crippen molar-refractivity contribution in [2.45, 2.75) is 12.8 Å². The molecule has 0 spiro atoms. The molecular weight excluding hydrogens is 156 g/mol. The van der Waals surface area contributed by atoms with E-state index in [-0.39, 0.29) is 31.7 Å². The minimum Gasteiger partial charge on any atom is -0.396 e. The van der Waals surface area contributed by atoms with Gasteiger partial charge < -0.3 is 15.3 Å². The Hall–Kier alpha value is -0.380. The highest BCUT2D eigenvalue weighted by molar-refractivity contribution is 5.09. The molecule has 1 aliphatic carbocycles. The molecule has 3 heteroatoms. The lowest BCUT2D eigenvalue weighted by Gasteiger charge is -2.25. The van der Waals surface area contributed by atoms with Crippen molar-refractivity contribution < 1.29 is 15.3 Å². The average molecular weight is 172 g/mol. The molecule has 3 nitrogen and oxygen atoms in total. The predicted octanol–water partition coefficient (Wildman–Crippen LogP) is -0.0841. The van der Waals surface area contributed by atoms with E-state index in [2.05, 4.69) is 0 Å². The van der Waals surface area contributed by atoms with Crippen LogP contribution in [0.4, 0.5) is 0 Å². The van der Waals surface area contributed by atoms with E-state index in [0.717, 1.165) is 18.4 Å². The van der Waals surface area contributed by atoms with Crippen molar-refractivity contribution in [1.82, 2.24) is 0 Å². The largest absolute Gasteiger partial charge is 0.396 e. The molecule has 0 aromatic heterocycles. The Bertz CT molecular complexity index is 165. The van der Waals surface area contributed by atoms with E-state index in [4.69, 9.17) is 15.3 Å². The second kappa shape index (κ2) is 4.60. The summed E-state index contributed by atoms with van der Waals surface area (Å²) in [5.74, 6) is 0.340. The second-order valence-electron chi connectivity index (χ2n) is 3.41. The van der Waals surface area contributed by atoms with E-state index in [9.17, 15) is 0 Å². The Morgan fingerprint density at radius 1 is 1.25 bits per heavy atom.